The van der Waals surface area contributed by atoms with E-state index in [2.05, 4.69) is 20.8 Å². The summed E-state index contributed by atoms with van der Waals surface area (Å²) in [6.07, 6.45) is 0. The fourth-order valence-electron chi connectivity index (χ4n) is 2.40. The molecule has 0 aliphatic carbocycles. The predicted octanol–water partition coefficient (Wildman–Crippen LogP) is 1.41. The van der Waals surface area contributed by atoms with Crippen LogP contribution in [0.3, 0.4) is 0 Å². The summed E-state index contributed by atoms with van der Waals surface area (Å²) in [6.45, 7) is 1.61. The first kappa shape index (κ1) is 14.1. The van der Waals surface area contributed by atoms with Crippen molar-refractivity contribution in [2.45, 2.75) is 13.0 Å². The molecule has 22 heavy (non-hydrogen) atoms. The molecule has 1 aliphatic rings. The van der Waals surface area contributed by atoms with E-state index in [9.17, 15) is 13.6 Å². The van der Waals surface area contributed by atoms with Crippen molar-refractivity contribution in [3.63, 3.8) is 0 Å². The first-order chi connectivity index (χ1) is 10.5. The maximum absolute atomic E-state index is 14.2. The first-order valence-corrected chi connectivity index (χ1v) is 6.32. The molecule has 1 aliphatic heterocycles. The second kappa shape index (κ2) is 5.17. The minimum absolute atomic E-state index is 0.0604. The van der Waals surface area contributed by atoms with Crippen LogP contribution >= 0.6 is 0 Å². The Morgan fingerprint density at radius 3 is 2.91 bits per heavy atom. The van der Waals surface area contributed by atoms with Crippen LogP contribution in [0.2, 0.25) is 0 Å². The van der Waals surface area contributed by atoms with Crippen molar-refractivity contribution in [3.8, 4) is 0 Å². The Hall–Kier alpha value is -2.84. The summed E-state index contributed by atoms with van der Waals surface area (Å²) >= 11 is 0. The number of anilines is 1. The monoisotopic (exact) mass is 307 g/mol. The van der Waals surface area contributed by atoms with Crippen LogP contribution in [0.4, 0.5) is 14.7 Å². The van der Waals surface area contributed by atoms with Gasteiger partial charge in [0, 0.05) is 11.3 Å². The number of carbonyl (C=O) groups excluding carboxylic acids is 1. The SMILES string of the molecule is COC(=O)C1=C(C)Nc2nnnn2C1c1cc(F)ccc1F. The van der Waals surface area contributed by atoms with Crippen LogP contribution in [0.5, 0.6) is 0 Å². The van der Waals surface area contributed by atoms with E-state index < -0.39 is 23.6 Å². The molecule has 0 fully saturated rings. The Morgan fingerprint density at radius 2 is 2.18 bits per heavy atom. The summed E-state index contributed by atoms with van der Waals surface area (Å²) in [5.74, 6) is -1.77. The molecule has 3 rings (SSSR count). The van der Waals surface area contributed by atoms with Crippen LogP contribution in [0.25, 0.3) is 0 Å². The van der Waals surface area contributed by atoms with Crippen LogP contribution in [0.1, 0.15) is 18.5 Å². The van der Waals surface area contributed by atoms with Crippen molar-refractivity contribution in [1.29, 1.82) is 0 Å². The number of fused-ring (bicyclic) bond motifs is 1. The molecule has 114 valence electrons. The fraction of sp³-hybridized carbons (Fsp3) is 0.231. The molecule has 0 saturated carbocycles. The number of nitrogens with one attached hydrogen (secondary N) is 1. The second-order valence-electron chi connectivity index (χ2n) is 4.67. The van der Waals surface area contributed by atoms with Crippen LogP contribution < -0.4 is 5.32 Å². The highest BCUT2D eigenvalue weighted by Gasteiger charge is 2.36. The van der Waals surface area contributed by atoms with Gasteiger partial charge in [-0.05, 0) is 35.5 Å². The number of aromatic nitrogens is 4. The third-order valence-corrected chi connectivity index (χ3v) is 3.37. The van der Waals surface area contributed by atoms with Crippen molar-refractivity contribution in [1.82, 2.24) is 20.2 Å². The van der Waals surface area contributed by atoms with E-state index in [0.29, 0.717) is 5.70 Å². The summed E-state index contributed by atoms with van der Waals surface area (Å²) in [7, 11) is 1.21. The lowest BCUT2D eigenvalue weighted by Gasteiger charge is -2.27. The van der Waals surface area contributed by atoms with Gasteiger partial charge in [0.25, 0.3) is 0 Å². The molecule has 2 aromatic rings. The normalized spacial score (nSPS) is 17.0. The summed E-state index contributed by atoms with van der Waals surface area (Å²) in [5, 5.41) is 13.8. The minimum atomic E-state index is -1.02. The van der Waals surface area contributed by atoms with Gasteiger partial charge in [-0.1, -0.05) is 5.10 Å². The molecule has 2 heterocycles. The summed E-state index contributed by atoms with van der Waals surface area (Å²) in [6, 6.07) is 1.97. The molecule has 1 aromatic carbocycles. The molecule has 0 radical (unpaired) electrons. The number of nitrogens with zero attached hydrogens (tertiary/aromatic N) is 4. The number of benzene rings is 1. The molecule has 1 N–H and O–H groups in total. The average molecular weight is 307 g/mol. The van der Waals surface area contributed by atoms with Crippen LogP contribution in [0, 0.1) is 11.6 Å². The largest absolute Gasteiger partial charge is 0.466 e. The molecule has 0 bridgehead atoms. The highest BCUT2D eigenvalue weighted by molar-refractivity contribution is 5.92. The highest BCUT2D eigenvalue weighted by atomic mass is 19.1. The Bertz CT molecular complexity index is 786. The molecule has 1 unspecified atom stereocenters. The number of methoxy groups -OCH3 is 1. The average Bonchev–Trinajstić information content (AvgIpc) is 2.95. The van der Waals surface area contributed by atoms with E-state index in [1.807, 2.05) is 0 Å². The maximum Gasteiger partial charge on any atom is 0.338 e. The van der Waals surface area contributed by atoms with Gasteiger partial charge in [-0.25, -0.2) is 13.6 Å². The summed E-state index contributed by atoms with van der Waals surface area (Å²) in [4.78, 5) is 12.1. The number of rotatable bonds is 2. The smallest absolute Gasteiger partial charge is 0.338 e. The number of carbonyl (C=O) groups is 1. The molecule has 9 heteroatoms. The van der Waals surface area contributed by atoms with Gasteiger partial charge in [0.15, 0.2) is 0 Å². The van der Waals surface area contributed by atoms with E-state index in [-0.39, 0.29) is 17.1 Å². The number of hydrogen-bond acceptors (Lipinski definition) is 6. The van der Waals surface area contributed by atoms with E-state index in [4.69, 9.17) is 4.74 Å². The van der Waals surface area contributed by atoms with Gasteiger partial charge in [0.05, 0.1) is 12.7 Å². The van der Waals surface area contributed by atoms with Crippen LogP contribution in [-0.2, 0) is 9.53 Å². The van der Waals surface area contributed by atoms with Gasteiger partial charge in [-0.15, -0.1) is 0 Å². The highest BCUT2D eigenvalue weighted by Crippen LogP contribution is 2.36. The van der Waals surface area contributed by atoms with Crippen molar-refractivity contribution in [2.24, 2.45) is 0 Å². The van der Waals surface area contributed by atoms with Gasteiger partial charge >= 0.3 is 5.97 Å². The van der Waals surface area contributed by atoms with Crippen LogP contribution in [-0.4, -0.2) is 33.3 Å². The van der Waals surface area contributed by atoms with Gasteiger partial charge in [-0.3, -0.25) is 0 Å². The first-order valence-electron chi connectivity index (χ1n) is 6.32. The summed E-state index contributed by atoms with van der Waals surface area (Å²) < 4.78 is 33.7. The molecular formula is C13H11F2N5O2. The molecule has 7 nitrogen and oxygen atoms in total. The standard InChI is InChI=1S/C13H11F2N5O2/c1-6-10(12(21)22-2)11(20-13(16-6)17-18-19-20)8-5-7(14)3-4-9(8)15/h3-5,11H,1-2H3,(H,16,17,19). The Morgan fingerprint density at radius 1 is 1.41 bits per heavy atom. The quantitative estimate of drug-likeness (QED) is 0.845. The zero-order valence-corrected chi connectivity index (χ0v) is 11.7. The topological polar surface area (TPSA) is 81.9 Å². The number of esters is 1. The lowest BCUT2D eigenvalue weighted by atomic mass is 9.95. The van der Waals surface area contributed by atoms with Gasteiger partial charge in [0.1, 0.15) is 17.7 Å². The minimum Gasteiger partial charge on any atom is -0.466 e. The molecule has 1 atom stereocenters. The van der Waals surface area contributed by atoms with E-state index in [1.165, 1.54) is 11.8 Å². The second-order valence-corrected chi connectivity index (χ2v) is 4.67. The predicted molar refractivity (Wildman–Crippen MR) is 70.7 cm³/mol. The van der Waals surface area contributed by atoms with Crippen molar-refractivity contribution in [2.75, 3.05) is 12.4 Å². The molecule has 0 spiro atoms. The molecule has 0 saturated heterocycles. The lowest BCUT2D eigenvalue weighted by Crippen LogP contribution is -2.30. The van der Waals surface area contributed by atoms with Gasteiger partial charge in [-0.2, -0.15) is 4.68 Å². The van der Waals surface area contributed by atoms with Crippen LogP contribution in [0.15, 0.2) is 29.5 Å². The maximum atomic E-state index is 14.2. The third-order valence-electron chi connectivity index (χ3n) is 3.37. The number of hydrogen-bond donors (Lipinski definition) is 1. The van der Waals surface area contributed by atoms with Gasteiger partial charge in [0.2, 0.25) is 5.95 Å². The fourth-order valence-corrected chi connectivity index (χ4v) is 2.40. The third kappa shape index (κ3) is 2.10. The number of tetrazole rings is 1. The lowest BCUT2D eigenvalue weighted by molar-refractivity contribution is -0.136. The number of allylic oxidation sites excluding steroid dienone is 1. The molecular weight excluding hydrogens is 296 g/mol. The molecule has 0 amide bonds. The summed E-state index contributed by atoms with van der Waals surface area (Å²) in [5.41, 5.74) is 0.449. The Labute approximate surface area is 123 Å². The van der Waals surface area contributed by atoms with E-state index >= 15 is 0 Å². The number of ether oxygens (including phenoxy) is 1. The van der Waals surface area contributed by atoms with Crippen molar-refractivity contribution >= 4 is 11.9 Å². The zero-order valence-electron chi connectivity index (χ0n) is 11.7. The zero-order chi connectivity index (χ0) is 15.9. The van der Waals surface area contributed by atoms with E-state index in [0.717, 1.165) is 18.2 Å². The Kier molecular flexibility index (Phi) is 3.32. The number of halogens is 2. The van der Waals surface area contributed by atoms with Crippen molar-refractivity contribution in [3.05, 3.63) is 46.7 Å². The van der Waals surface area contributed by atoms with E-state index in [1.54, 1.807) is 6.92 Å². The molecule has 1 aromatic heterocycles. The van der Waals surface area contributed by atoms with Crippen molar-refractivity contribution < 1.29 is 18.3 Å². The Balaban J connectivity index is 2.25. The van der Waals surface area contributed by atoms with Gasteiger partial charge < -0.3 is 10.1 Å².